The zero-order chi connectivity index (χ0) is 13.2. The van der Waals surface area contributed by atoms with Crippen molar-refractivity contribution in [2.75, 3.05) is 0 Å². The molecule has 5 heteroatoms. The lowest BCUT2D eigenvalue weighted by Crippen LogP contribution is -1.78. The lowest BCUT2D eigenvalue weighted by Gasteiger charge is -1.97. The maximum atomic E-state index is 9.25. The average Bonchev–Trinajstić information content (AvgIpc) is 2.89. The molecule has 0 saturated carbocycles. The topological polar surface area (TPSA) is 59.2 Å². The molecule has 0 radical (unpaired) electrons. The molecular formula is C14H9BrN2O2. The van der Waals surface area contributed by atoms with E-state index in [4.69, 9.17) is 4.42 Å². The minimum atomic E-state index is 0.203. The molecule has 1 heterocycles. The number of nitrogens with zero attached hydrogens (tertiary/aromatic N) is 2. The Morgan fingerprint density at radius 2 is 1.58 bits per heavy atom. The number of benzene rings is 2. The maximum absolute atomic E-state index is 9.25. The van der Waals surface area contributed by atoms with Crippen LogP contribution in [0.15, 0.2) is 57.4 Å². The number of hydrogen-bond acceptors (Lipinski definition) is 4. The lowest BCUT2D eigenvalue weighted by atomic mass is 10.2. The van der Waals surface area contributed by atoms with Crippen molar-refractivity contribution in [3.05, 3.63) is 53.0 Å². The van der Waals surface area contributed by atoms with Crippen LogP contribution in [0.4, 0.5) is 0 Å². The summed E-state index contributed by atoms with van der Waals surface area (Å²) >= 11 is 3.45. The van der Waals surface area contributed by atoms with Gasteiger partial charge in [0.2, 0.25) is 11.8 Å². The molecule has 0 fully saturated rings. The molecule has 1 N–H and O–H groups in total. The third-order valence-corrected chi connectivity index (χ3v) is 3.34. The van der Waals surface area contributed by atoms with Gasteiger partial charge in [0.1, 0.15) is 5.75 Å². The fourth-order valence-corrected chi connectivity index (χ4v) is 2.14. The van der Waals surface area contributed by atoms with Gasteiger partial charge in [0, 0.05) is 10.0 Å². The van der Waals surface area contributed by atoms with Gasteiger partial charge in [-0.3, -0.25) is 0 Å². The van der Waals surface area contributed by atoms with Gasteiger partial charge in [0.25, 0.3) is 0 Å². The zero-order valence-corrected chi connectivity index (χ0v) is 11.3. The molecule has 0 unspecified atom stereocenters. The molecule has 3 aromatic rings. The van der Waals surface area contributed by atoms with E-state index in [2.05, 4.69) is 26.1 Å². The first-order valence-electron chi connectivity index (χ1n) is 5.62. The molecule has 0 aliphatic carbocycles. The van der Waals surface area contributed by atoms with Crippen LogP contribution in [0.5, 0.6) is 5.75 Å². The highest BCUT2D eigenvalue weighted by atomic mass is 79.9. The van der Waals surface area contributed by atoms with Gasteiger partial charge in [-0.15, -0.1) is 10.2 Å². The minimum absolute atomic E-state index is 0.203. The summed E-state index contributed by atoms with van der Waals surface area (Å²) < 4.78 is 6.54. The summed E-state index contributed by atoms with van der Waals surface area (Å²) in [5, 5.41) is 17.3. The molecule has 0 atom stereocenters. The van der Waals surface area contributed by atoms with Gasteiger partial charge in [-0.25, -0.2) is 0 Å². The molecule has 0 bridgehead atoms. The van der Waals surface area contributed by atoms with Gasteiger partial charge in [-0.1, -0.05) is 12.1 Å². The molecular weight excluding hydrogens is 308 g/mol. The van der Waals surface area contributed by atoms with E-state index in [1.165, 1.54) is 0 Å². The lowest BCUT2D eigenvalue weighted by molar-refractivity contribution is 0.475. The fourth-order valence-electron chi connectivity index (χ4n) is 1.69. The van der Waals surface area contributed by atoms with Crippen LogP contribution in [-0.4, -0.2) is 15.3 Å². The van der Waals surface area contributed by atoms with Crippen LogP contribution >= 0.6 is 15.9 Å². The van der Waals surface area contributed by atoms with Crippen molar-refractivity contribution in [3.8, 4) is 28.7 Å². The van der Waals surface area contributed by atoms with Crippen LogP contribution in [0, 0.1) is 0 Å². The predicted octanol–water partition coefficient (Wildman–Crippen LogP) is 3.87. The van der Waals surface area contributed by atoms with Gasteiger partial charge < -0.3 is 9.52 Å². The van der Waals surface area contributed by atoms with E-state index in [0.717, 1.165) is 15.6 Å². The Hall–Kier alpha value is -2.14. The Labute approximate surface area is 117 Å². The number of aromatic nitrogens is 2. The molecule has 4 nitrogen and oxygen atoms in total. The number of hydrogen-bond donors (Lipinski definition) is 1. The molecule has 2 aromatic carbocycles. The van der Waals surface area contributed by atoms with Crippen molar-refractivity contribution in [2.24, 2.45) is 0 Å². The van der Waals surface area contributed by atoms with Crippen molar-refractivity contribution in [2.45, 2.75) is 0 Å². The van der Waals surface area contributed by atoms with Crippen LogP contribution < -0.4 is 0 Å². The Morgan fingerprint density at radius 3 is 2.32 bits per heavy atom. The van der Waals surface area contributed by atoms with Crippen LogP contribution in [-0.2, 0) is 0 Å². The third kappa shape index (κ3) is 2.37. The first-order chi connectivity index (χ1) is 9.24. The molecule has 0 aliphatic heterocycles. The average molecular weight is 317 g/mol. The molecule has 19 heavy (non-hydrogen) atoms. The van der Waals surface area contributed by atoms with Gasteiger partial charge in [-0.2, -0.15) is 0 Å². The fraction of sp³-hybridized carbons (Fsp3) is 0. The quantitative estimate of drug-likeness (QED) is 0.779. The summed E-state index contributed by atoms with van der Waals surface area (Å²) in [6.07, 6.45) is 0. The monoisotopic (exact) mass is 316 g/mol. The number of halogens is 1. The second-order valence-corrected chi connectivity index (χ2v) is 4.79. The van der Waals surface area contributed by atoms with Gasteiger partial charge >= 0.3 is 0 Å². The Morgan fingerprint density at radius 1 is 0.895 bits per heavy atom. The van der Waals surface area contributed by atoms with E-state index in [0.29, 0.717) is 11.8 Å². The Kier molecular flexibility index (Phi) is 3.05. The van der Waals surface area contributed by atoms with E-state index in [9.17, 15) is 5.11 Å². The largest absolute Gasteiger partial charge is 0.508 e. The van der Waals surface area contributed by atoms with Crippen molar-refractivity contribution < 1.29 is 9.52 Å². The predicted molar refractivity (Wildman–Crippen MR) is 74.5 cm³/mol. The number of rotatable bonds is 2. The summed E-state index contributed by atoms with van der Waals surface area (Å²) in [7, 11) is 0. The molecule has 0 spiro atoms. The van der Waals surface area contributed by atoms with Gasteiger partial charge in [0.05, 0.1) is 5.56 Å². The van der Waals surface area contributed by atoms with E-state index >= 15 is 0 Å². The molecule has 0 saturated heterocycles. The highest BCUT2D eigenvalue weighted by molar-refractivity contribution is 9.10. The molecule has 1 aromatic heterocycles. The van der Waals surface area contributed by atoms with Crippen LogP contribution in [0.25, 0.3) is 22.9 Å². The first-order valence-corrected chi connectivity index (χ1v) is 6.41. The summed E-state index contributed by atoms with van der Waals surface area (Å²) in [6, 6.07) is 14.3. The highest BCUT2D eigenvalue weighted by Crippen LogP contribution is 2.29. The van der Waals surface area contributed by atoms with Crippen LogP contribution in [0.1, 0.15) is 0 Å². The van der Waals surface area contributed by atoms with E-state index in [1.807, 2.05) is 24.3 Å². The van der Waals surface area contributed by atoms with Crippen molar-refractivity contribution in [1.82, 2.24) is 10.2 Å². The highest BCUT2D eigenvalue weighted by Gasteiger charge is 2.12. The molecule has 94 valence electrons. The van der Waals surface area contributed by atoms with Crippen molar-refractivity contribution in [1.29, 1.82) is 0 Å². The van der Waals surface area contributed by atoms with E-state index < -0.39 is 0 Å². The Bertz CT molecular complexity index is 707. The minimum Gasteiger partial charge on any atom is -0.508 e. The Balaban J connectivity index is 2.00. The zero-order valence-electron chi connectivity index (χ0n) is 9.75. The SMILES string of the molecule is Oc1ccc(-c2nnc(-c3ccccc3Br)o2)cc1. The second-order valence-electron chi connectivity index (χ2n) is 3.94. The van der Waals surface area contributed by atoms with Gasteiger partial charge in [-0.05, 0) is 52.3 Å². The third-order valence-electron chi connectivity index (χ3n) is 2.64. The summed E-state index contributed by atoms with van der Waals surface area (Å²) in [4.78, 5) is 0. The smallest absolute Gasteiger partial charge is 0.249 e. The van der Waals surface area contributed by atoms with Crippen molar-refractivity contribution in [3.63, 3.8) is 0 Å². The standard InChI is InChI=1S/C14H9BrN2O2/c15-12-4-2-1-3-11(12)14-17-16-13(19-14)9-5-7-10(18)8-6-9/h1-8,18H. The van der Waals surface area contributed by atoms with E-state index in [-0.39, 0.29) is 5.75 Å². The summed E-state index contributed by atoms with van der Waals surface area (Å²) in [6.45, 7) is 0. The number of aromatic hydroxyl groups is 1. The first kappa shape index (κ1) is 11.9. The van der Waals surface area contributed by atoms with E-state index in [1.54, 1.807) is 24.3 Å². The van der Waals surface area contributed by atoms with Crippen LogP contribution in [0.2, 0.25) is 0 Å². The molecule has 3 rings (SSSR count). The second kappa shape index (κ2) is 4.85. The number of phenols is 1. The van der Waals surface area contributed by atoms with Gasteiger partial charge in [0.15, 0.2) is 0 Å². The summed E-state index contributed by atoms with van der Waals surface area (Å²) in [5.74, 6) is 1.08. The normalized spacial score (nSPS) is 10.6. The maximum Gasteiger partial charge on any atom is 0.249 e. The van der Waals surface area contributed by atoms with Crippen LogP contribution in [0.3, 0.4) is 0 Å². The van der Waals surface area contributed by atoms with Crippen molar-refractivity contribution >= 4 is 15.9 Å². The molecule has 0 amide bonds. The molecule has 0 aliphatic rings. The summed E-state index contributed by atoms with van der Waals surface area (Å²) in [5.41, 5.74) is 1.61. The number of phenolic OH excluding ortho intramolecular Hbond substituents is 1.